The lowest BCUT2D eigenvalue weighted by atomic mass is 9.97. The van der Waals surface area contributed by atoms with Crippen LogP contribution in [0.25, 0.3) is 15.9 Å². The van der Waals surface area contributed by atoms with E-state index in [0.29, 0.717) is 15.9 Å². The Bertz CT molecular complexity index is 1480. The van der Waals surface area contributed by atoms with Crippen LogP contribution in [-0.2, 0) is 17.6 Å². The number of aryl methyl sites for hydroxylation is 2. The Balaban J connectivity index is 1.42. The highest BCUT2D eigenvalue weighted by Gasteiger charge is 2.23. The van der Waals surface area contributed by atoms with Crippen LogP contribution in [0.1, 0.15) is 35.8 Å². The van der Waals surface area contributed by atoms with E-state index >= 15 is 0 Å². The molecule has 0 fully saturated rings. The largest absolute Gasteiger partial charge is 0.272 e. The smallest absolute Gasteiger partial charge is 0.267 e. The van der Waals surface area contributed by atoms with Crippen molar-refractivity contribution in [1.29, 1.82) is 0 Å². The summed E-state index contributed by atoms with van der Waals surface area (Å²) in [5, 5.41) is 6.07. The van der Waals surface area contributed by atoms with E-state index in [0.717, 1.165) is 52.7 Å². The number of halogens is 1. The van der Waals surface area contributed by atoms with Gasteiger partial charge in [-0.2, -0.15) is 5.10 Å². The SMILES string of the molecule is C/C(=N\NC(=O)CSc1nc2sc3c(c2c(=O)n1-c1ccccc1)CCCC3)c1ccc(Cl)cc1. The van der Waals surface area contributed by atoms with Crippen LogP contribution < -0.4 is 11.0 Å². The van der Waals surface area contributed by atoms with Gasteiger partial charge in [0.15, 0.2) is 5.16 Å². The van der Waals surface area contributed by atoms with E-state index < -0.39 is 0 Å². The predicted molar refractivity (Wildman–Crippen MR) is 144 cm³/mol. The molecule has 0 saturated carbocycles. The van der Waals surface area contributed by atoms with Gasteiger partial charge in [-0.1, -0.05) is 53.7 Å². The molecule has 0 aliphatic heterocycles. The second-order valence-corrected chi connectivity index (χ2v) is 10.8. The molecule has 0 radical (unpaired) electrons. The lowest BCUT2D eigenvalue weighted by Gasteiger charge is -2.13. The zero-order chi connectivity index (χ0) is 24.4. The summed E-state index contributed by atoms with van der Waals surface area (Å²) >= 11 is 8.78. The van der Waals surface area contributed by atoms with Crippen molar-refractivity contribution in [2.45, 2.75) is 37.8 Å². The predicted octanol–water partition coefficient (Wildman–Crippen LogP) is 5.61. The monoisotopic (exact) mass is 522 g/mol. The van der Waals surface area contributed by atoms with Crippen molar-refractivity contribution in [2.24, 2.45) is 5.10 Å². The number of aromatic nitrogens is 2. The van der Waals surface area contributed by atoms with E-state index in [2.05, 4.69) is 10.5 Å². The summed E-state index contributed by atoms with van der Waals surface area (Å²) in [5.41, 5.74) is 5.96. The summed E-state index contributed by atoms with van der Waals surface area (Å²) < 4.78 is 1.63. The molecule has 35 heavy (non-hydrogen) atoms. The maximum absolute atomic E-state index is 13.7. The molecule has 5 rings (SSSR count). The molecular weight excluding hydrogens is 500 g/mol. The number of nitrogens with one attached hydrogen (secondary N) is 1. The van der Waals surface area contributed by atoms with E-state index in [1.807, 2.05) is 49.4 Å². The van der Waals surface area contributed by atoms with Gasteiger partial charge in [-0.15, -0.1) is 11.3 Å². The van der Waals surface area contributed by atoms with E-state index in [1.54, 1.807) is 28.0 Å². The normalized spacial score (nSPS) is 13.6. The molecule has 4 aromatic rings. The number of hydrogen-bond acceptors (Lipinski definition) is 6. The molecule has 2 aromatic heterocycles. The quantitative estimate of drug-likeness (QED) is 0.154. The second kappa shape index (κ2) is 10.4. The van der Waals surface area contributed by atoms with Crippen LogP contribution in [-0.4, -0.2) is 26.9 Å². The Morgan fingerprint density at radius 3 is 2.66 bits per heavy atom. The Labute approximate surface area is 216 Å². The first-order chi connectivity index (χ1) is 17.0. The van der Waals surface area contributed by atoms with Crippen LogP contribution in [0, 0.1) is 0 Å². The molecule has 0 saturated heterocycles. The molecule has 2 heterocycles. The highest BCUT2D eigenvalue weighted by atomic mass is 35.5. The summed E-state index contributed by atoms with van der Waals surface area (Å²) in [6.07, 6.45) is 4.15. The fourth-order valence-electron chi connectivity index (χ4n) is 4.15. The molecule has 2 aromatic carbocycles. The van der Waals surface area contributed by atoms with Gasteiger partial charge in [0.2, 0.25) is 0 Å². The molecule has 178 valence electrons. The van der Waals surface area contributed by atoms with E-state index in [-0.39, 0.29) is 17.2 Å². The van der Waals surface area contributed by atoms with Gasteiger partial charge >= 0.3 is 0 Å². The van der Waals surface area contributed by atoms with Crippen molar-refractivity contribution in [3.63, 3.8) is 0 Å². The zero-order valence-electron chi connectivity index (χ0n) is 19.1. The fourth-order valence-corrected chi connectivity index (χ4v) is 6.39. The van der Waals surface area contributed by atoms with Crippen LogP contribution in [0.15, 0.2) is 69.6 Å². The third-order valence-electron chi connectivity index (χ3n) is 5.92. The average Bonchev–Trinajstić information content (AvgIpc) is 3.25. The Morgan fingerprint density at radius 1 is 1.14 bits per heavy atom. The standard InChI is InChI=1S/C26H23ClN4O2S2/c1-16(17-11-13-18(27)14-12-17)29-30-22(32)15-34-26-28-24-23(20-9-5-6-10-21(20)35-24)25(33)31(26)19-7-3-2-4-8-19/h2-4,7-8,11-14H,5-6,9-10,15H2,1H3,(H,30,32)/b29-16+. The van der Waals surface area contributed by atoms with Crippen molar-refractivity contribution in [3.8, 4) is 5.69 Å². The van der Waals surface area contributed by atoms with Gasteiger partial charge < -0.3 is 0 Å². The number of rotatable bonds is 6. The number of carbonyl (C=O) groups is 1. The first-order valence-corrected chi connectivity index (χ1v) is 13.5. The first-order valence-electron chi connectivity index (χ1n) is 11.4. The van der Waals surface area contributed by atoms with Crippen LogP contribution in [0.2, 0.25) is 5.02 Å². The van der Waals surface area contributed by atoms with Gasteiger partial charge in [-0.25, -0.2) is 10.4 Å². The van der Waals surface area contributed by atoms with Crippen molar-refractivity contribution in [3.05, 3.63) is 86.0 Å². The summed E-state index contributed by atoms with van der Waals surface area (Å²) in [5.74, 6) is -0.199. The van der Waals surface area contributed by atoms with Gasteiger partial charge in [-0.05, 0) is 68.0 Å². The topological polar surface area (TPSA) is 76.3 Å². The maximum atomic E-state index is 13.7. The van der Waals surface area contributed by atoms with E-state index in [9.17, 15) is 9.59 Å². The fraction of sp³-hybridized carbons (Fsp3) is 0.231. The molecule has 6 nitrogen and oxygen atoms in total. The van der Waals surface area contributed by atoms with E-state index in [1.165, 1.54) is 16.6 Å². The lowest BCUT2D eigenvalue weighted by molar-refractivity contribution is -0.118. The van der Waals surface area contributed by atoms with Crippen molar-refractivity contribution in [1.82, 2.24) is 15.0 Å². The Morgan fingerprint density at radius 2 is 1.89 bits per heavy atom. The number of para-hydroxylation sites is 1. The number of thioether (sulfide) groups is 1. The number of amides is 1. The Hall–Kier alpha value is -2.94. The molecule has 1 N–H and O–H groups in total. The average molecular weight is 523 g/mol. The molecule has 1 amide bonds. The molecular formula is C26H23ClN4O2S2. The zero-order valence-corrected chi connectivity index (χ0v) is 21.5. The Kier molecular flexibility index (Phi) is 7.04. The van der Waals surface area contributed by atoms with Crippen molar-refractivity contribution >= 4 is 56.5 Å². The van der Waals surface area contributed by atoms with Crippen molar-refractivity contribution < 1.29 is 4.79 Å². The minimum Gasteiger partial charge on any atom is -0.272 e. The van der Waals surface area contributed by atoms with Crippen LogP contribution >= 0.6 is 34.7 Å². The van der Waals surface area contributed by atoms with Gasteiger partial charge in [0.25, 0.3) is 11.5 Å². The maximum Gasteiger partial charge on any atom is 0.267 e. The highest BCUT2D eigenvalue weighted by Crippen LogP contribution is 2.35. The molecule has 9 heteroatoms. The number of carbonyl (C=O) groups excluding carboxylic acids is 1. The van der Waals surface area contributed by atoms with Crippen LogP contribution in [0.4, 0.5) is 0 Å². The molecule has 0 atom stereocenters. The third kappa shape index (κ3) is 5.05. The molecule has 0 unspecified atom stereocenters. The first kappa shape index (κ1) is 23.8. The second-order valence-electron chi connectivity index (χ2n) is 8.29. The van der Waals surface area contributed by atoms with Crippen molar-refractivity contribution in [2.75, 3.05) is 5.75 Å². The molecule has 0 bridgehead atoms. The molecule has 1 aliphatic rings. The molecule has 0 spiro atoms. The van der Waals surface area contributed by atoms with Gasteiger partial charge in [-0.3, -0.25) is 14.2 Å². The third-order valence-corrected chi connectivity index (χ3v) is 8.29. The number of thiophene rings is 1. The number of hydrogen-bond donors (Lipinski definition) is 1. The number of nitrogens with zero attached hydrogens (tertiary/aromatic N) is 3. The number of hydrazone groups is 1. The number of fused-ring (bicyclic) bond motifs is 3. The van der Waals surface area contributed by atoms with Gasteiger partial charge in [0, 0.05) is 9.90 Å². The van der Waals surface area contributed by atoms with Crippen LogP contribution in [0.3, 0.4) is 0 Å². The van der Waals surface area contributed by atoms with Crippen LogP contribution in [0.5, 0.6) is 0 Å². The van der Waals surface area contributed by atoms with Gasteiger partial charge in [0.05, 0.1) is 22.5 Å². The minimum atomic E-state index is -0.275. The number of benzene rings is 2. The summed E-state index contributed by atoms with van der Waals surface area (Å²) in [7, 11) is 0. The highest BCUT2D eigenvalue weighted by molar-refractivity contribution is 7.99. The molecule has 1 aliphatic carbocycles. The summed E-state index contributed by atoms with van der Waals surface area (Å²) in [4.78, 5) is 33.2. The lowest BCUT2D eigenvalue weighted by Crippen LogP contribution is -2.24. The summed E-state index contributed by atoms with van der Waals surface area (Å²) in [6, 6.07) is 16.7. The van der Waals surface area contributed by atoms with E-state index in [4.69, 9.17) is 16.6 Å². The summed E-state index contributed by atoms with van der Waals surface area (Å²) in [6.45, 7) is 1.82. The van der Waals surface area contributed by atoms with Gasteiger partial charge in [0.1, 0.15) is 4.83 Å². The minimum absolute atomic E-state index is 0.0693.